The van der Waals surface area contributed by atoms with Crippen molar-refractivity contribution in [2.24, 2.45) is 0 Å². The second kappa shape index (κ2) is 6.46. The van der Waals surface area contributed by atoms with Crippen LogP contribution in [0.5, 0.6) is 0 Å². The van der Waals surface area contributed by atoms with Crippen LogP contribution in [-0.4, -0.2) is 54.5 Å². The molecule has 7 heteroatoms. The largest absolute Gasteiger partial charge is 0.439 e. The molecular formula is C17H23N3O3S. The molecule has 2 aromatic rings. The van der Waals surface area contributed by atoms with Gasteiger partial charge in [0, 0.05) is 19.6 Å². The van der Waals surface area contributed by atoms with E-state index >= 15 is 0 Å². The third-order valence-electron chi connectivity index (χ3n) is 5.05. The molecule has 0 bridgehead atoms. The molecule has 1 aromatic carbocycles. The molecule has 1 atom stereocenters. The topological polar surface area (TPSA) is 66.7 Å². The first-order valence-corrected chi connectivity index (χ1v) is 10.3. The zero-order valence-corrected chi connectivity index (χ0v) is 14.5. The van der Waals surface area contributed by atoms with Gasteiger partial charge in [-0.15, -0.1) is 0 Å². The van der Waals surface area contributed by atoms with Crippen molar-refractivity contribution in [1.82, 2.24) is 14.2 Å². The van der Waals surface area contributed by atoms with Crippen molar-refractivity contribution < 1.29 is 12.8 Å². The highest BCUT2D eigenvalue weighted by Crippen LogP contribution is 2.32. The van der Waals surface area contributed by atoms with Gasteiger partial charge < -0.3 is 4.42 Å². The van der Waals surface area contributed by atoms with Crippen LogP contribution in [0, 0.1) is 0 Å². The highest BCUT2D eigenvalue weighted by atomic mass is 32.2. The van der Waals surface area contributed by atoms with Crippen LogP contribution in [0.2, 0.25) is 0 Å². The van der Waals surface area contributed by atoms with Crippen LogP contribution in [0.1, 0.15) is 37.6 Å². The second-order valence-corrected chi connectivity index (χ2v) is 8.72. The van der Waals surface area contributed by atoms with Crippen molar-refractivity contribution in [3.63, 3.8) is 0 Å². The van der Waals surface area contributed by atoms with Gasteiger partial charge in [-0.2, -0.15) is 0 Å². The van der Waals surface area contributed by atoms with Crippen LogP contribution in [0.15, 0.2) is 28.7 Å². The van der Waals surface area contributed by atoms with Crippen molar-refractivity contribution in [2.45, 2.75) is 31.7 Å². The number of hydrogen-bond donors (Lipinski definition) is 0. The maximum absolute atomic E-state index is 12.0. The van der Waals surface area contributed by atoms with Gasteiger partial charge >= 0.3 is 0 Å². The summed E-state index contributed by atoms with van der Waals surface area (Å²) < 4.78 is 31.6. The van der Waals surface area contributed by atoms with E-state index in [1.54, 1.807) is 4.31 Å². The molecule has 0 N–H and O–H groups in total. The number of hydrogen-bond acceptors (Lipinski definition) is 5. The van der Waals surface area contributed by atoms with Crippen LogP contribution in [-0.2, 0) is 10.0 Å². The lowest BCUT2D eigenvalue weighted by molar-refractivity contribution is 0.121. The van der Waals surface area contributed by atoms with Crippen molar-refractivity contribution in [3.05, 3.63) is 30.2 Å². The fourth-order valence-corrected chi connectivity index (χ4v) is 5.27. The number of sulfonamides is 1. The molecule has 6 nitrogen and oxygen atoms in total. The Bertz CT molecular complexity index is 784. The Hall–Kier alpha value is -1.44. The van der Waals surface area contributed by atoms with Gasteiger partial charge in [0.1, 0.15) is 5.52 Å². The summed E-state index contributed by atoms with van der Waals surface area (Å²) in [4.78, 5) is 6.99. The number of benzene rings is 1. The normalized spacial score (nSPS) is 25.4. The summed E-state index contributed by atoms with van der Waals surface area (Å²) in [5.41, 5.74) is 1.71. The van der Waals surface area contributed by atoms with Gasteiger partial charge in [-0.25, -0.2) is 17.7 Å². The standard InChI is InChI=1S/C17H23N3O3S/c21-24(22)13-5-10-20(24)12-11-19-9-4-3-7-15(19)17-18-14-6-1-2-8-16(14)23-17/h1-2,6,8,15H,3-5,7,9-13H2. The highest BCUT2D eigenvalue weighted by Gasteiger charge is 2.32. The zero-order valence-electron chi connectivity index (χ0n) is 13.7. The Morgan fingerprint density at radius 2 is 2.00 bits per heavy atom. The molecule has 4 rings (SSSR count). The molecular weight excluding hydrogens is 326 g/mol. The minimum absolute atomic E-state index is 0.149. The lowest BCUT2D eigenvalue weighted by Gasteiger charge is -2.34. The first-order valence-electron chi connectivity index (χ1n) is 8.71. The molecule has 2 aliphatic heterocycles. The minimum Gasteiger partial charge on any atom is -0.439 e. The summed E-state index contributed by atoms with van der Waals surface area (Å²) in [5, 5.41) is 0. The fourth-order valence-electron chi connectivity index (χ4n) is 3.75. The summed E-state index contributed by atoms with van der Waals surface area (Å²) in [6.07, 6.45) is 4.06. The molecule has 1 unspecified atom stereocenters. The summed E-state index contributed by atoms with van der Waals surface area (Å²) in [6, 6.07) is 7.97. The number of aromatic nitrogens is 1. The lowest BCUT2D eigenvalue weighted by atomic mass is 10.0. The maximum atomic E-state index is 12.0. The Balaban J connectivity index is 1.50. The number of likely N-dealkylation sites (tertiary alicyclic amines) is 1. The first-order chi connectivity index (χ1) is 11.6. The van der Waals surface area contributed by atoms with E-state index in [9.17, 15) is 8.42 Å². The average Bonchev–Trinajstić information content (AvgIpc) is 3.15. The van der Waals surface area contributed by atoms with Crippen molar-refractivity contribution in [3.8, 4) is 0 Å². The molecule has 0 spiro atoms. The minimum atomic E-state index is -3.02. The molecule has 0 radical (unpaired) electrons. The molecule has 0 amide bonds. The number of oxazole rings is 1. The molecule has 2 saturated heterocycles. The summed E-state index contributed by atoms with van der Waals surface area (Å²) in [6.45, 7) is 2.93. The monoisotopic (exact) mass is 349 g/mol. The third-order valence-corrected chi connectivity index (χ3v) is 7.01. The van der Waals surface area contributed by atoms with E-state index < -0.39 is 10.0 Å². The zero-order chi connectivity index (χ0) is 16.6. The summed E-state index contributed by atoms with van der Waals surface area (Å²) >= 11 is 0. The molecule has 3 heterocycles. The molecule has 0 aliphatic carbocycles. The van der Waals surface area contributed by atoms with Gasteiger partial charge in [0.2, 0.25) is 15.9 Å². The number of fused-ring (bicyclic) bond motifs is 1. The van der Waals surface area contributed by atoms with E-state index in [0.717, 1.165) is 55.8 Å². The van der Waals surface area contributed by atoms with E-state index in [2.05, 4.69) is 9.88 Å². The quantitative estimate of drug-likeness (QED) is 0.848. The fraction of sp³-hybridized carbons (Fsp3) is 0.588. The third kappa shape index (κ3) is 3.08. The van der Waals surface area contributed by atoms with E-state index in [-0.39, 0.29) is 6.04 Å². The molecule has 130 valence electrons. The molecule has 0 saturated carbocycles. The van der Waals surface area contributed by atoms with Crippen LogP contribution in [0.4, 0.5) is 0 Å². The van der Waals surface area contributed by atoms with Crippen LogP contribution >= 0.6 is 0 Å². The van der Waals surface area contributed by atoms with Gasteiger partial charge in [0.05, 0.1) is 11.8 Å². The Kier molecular flexibility index (Phi) is 4.32. The molecule has 2 aliphatic rings. The van der Waals surface area contributed by atoms with Crippen molar-refractivity contribution in [1.29, 1.82) is 0 Å². The maximum Gasteiger partial charge on any atom is 0.214 e. The van der Waals surface area contributed by atoms with E-state index in [4.69, 9.17) is 4.42 Å². The SMILES string of the molecule is O=S1(=O)CCCN1CCN1CCCCC1c1nc2ccccc2o1. The van der Waals surface area contributed by atoms with Crippen LogP contribution in [0.25, 0.3) is 11.1 Å². The van der Waals surface area contributed by atoms with E-state index in [1.807, 2.05) is 24.3 Å². The number of para-hydroxylation sites is 2. The molecule has 1 aromatic heterocycles. The Morgan fingerprint density at radius 1 is 1.12 bits per heavy atom. The summed E-state index contributed by atoms with van der Waals surface area (Å²) in [5.74, 6) is 1.06. The number of rotatable bonds is 4. The number of nitrogens with zero attached hydrogens (tertiary/aromatic N) is 3. The molecule has 2 fully saturated rings. The van der Waals surface area contributed by atoms with Crippen molar-refractivity contribution in [2.75, 3.05) is 31.9 Å². The van der Waals surface area contributed by atoms with Crippen LogP contribution < -0.4 is 0 Å². The van der Waals surface area contributed by atoms with E-state index in [0.29, 0.717) is 18.8 Å². The Labute approximate surface area is 142 Å². The highest BCUT2D eigenvalue weighted by molar-refractivity contribution is 7.89. The van der Waals surface area contributed by atoms with Crippen molar-refractivity contribution >= 4 is 21.1 Å². The van der Waals surface area contributed by atoms with Gasteiger partial charge in [0.15, 0.2) is 5.58 Å². The van der Waals surface area contributed by atoms with Gasteiger partial charge in [-0.05, 0) is 37.9 Å². The van der Waals surface area contributed by atoms with Gasteiger partial charge in [-0.1, -0.05) is 18.6 Å². The molecule has 24 heavy (non-hydrogen) atoms. The average molecular weight is 349 g/mol. The van der Waals surface area contributed by atoms with E-state index in [1.165, 1.54) is 0 Å². The number of piperidine rings is 1. The smallest absolute Gasteiger partial charge is 0.214 e. The second-order valence-electron chi connectivity index (χ2n) is 6.64. The van der Waals surface area contributed by atoms with Gasteiger partial charge in [0.25, 0.3) is 0 Å². The van der Waals surface area contributed by atoms with Gasteiger partial charge in [-0.3, -0.25) is 4.90 Å². The lowest BCUT2D eigenvalue weighted by Crippen LogP contribution is -2.40. The predicted molar refractivity (Wildman–Crippen MR) is 92.2 cm³/mol. The predicted octanol–water partition coefficient (Wildman–Crippen LogP) is 2.39. The summed E-state index contributed by atoms with van der Waals surface area (Å²) in [7, 11) is -3.02. The first kappa shape index (κ1) is 16.1. The van der Waals surface area contributed by atoms with Crippen LogP contribution in [0.3, 0.4) is 0 Å². The Morgan fingerprint density at radius 3 is 2.79 bits per heavy atom.